The van der Waals surface area contributed by atoms with Crippen molar-refractivity contribution in [2.24, 2.45) is 4.99 Å². The number of ether oxygens (including phenoxy) is 1. The molecule has 0 aromatic heterocycles. The van der Waals surface area contributed by atoms with Crippen LogP contribution >= 0.6 is 24.0 Å². The number of nitrogens with one attached hydrogen (secondary N) is 2. The molecule has 6 nitrogen and oxygen atoms in total. The second-order valence-corrected chi connectivity index (χ2v) is 6.37. The van der Waals surface area contributed by atoms with Gasteiger partial charge >= 0.3 is 0 Å². The lowest BCUT2D eigenvalue weighted by Gasteiger charge is -2.16. The zero-order chi connectivity index (χ0) is 18.6. The van der Waals surface area contributed by atoms with Crippen molar-refractivity contribution >= 4 is 35.8 Å². The van der Waals surface area contributed by atoms with Gasteiger partial charge in [-0.05, 0) is 37.8 Å². The molecule has 1 aliphatic heterocycles. The predicted molar refractivity (Wildman–Crippen MR) is 120 cm³/mol. The van der Waals surface area contributed by atoms with Gasteiger partial charge in [-0.2, -0.15) is 0 Å². The Morgan fingerprint density at radius 2 is 2.00 bits per heavy atom. The molecule has 27 heavy (non-hydrogen) atoms. The highest BCUT2D eigenvalue weighted by Gasteiger charge is 2.18. The highest BCUT2D eigenvalue weighted by atomic mass is 127. The Hall–Kier alpha value is -1.35. The zero-order valence-electron chi connectivity index (χ0n) is 16.5. The van der Waals surface area contributed by atoms with E-state index >= 15 is 0 Å². The van der Waals surface area contributed by atoms with Crippen LogP contribution in [0, 0.1) is 0 Å². The van der Waals surface area contributed by atoms with Gasteiger partial charge in [0.05, 0.1) is 13.2 Å². The number of nitrogens with zero attached hydrogens (tertiary/aromatic N) is 2. The fraction of sp³-hybridized carbons (Fsp3) is 0.600. The van der Waals surface area contributed by atoms with Crippen LogP contribution in [0.5, 0.6) is 0 Å². The first kappa shape index (κ1) is 23.7. The summed E-state index contributed by atoms with van der Waals surface area (Å²) in [6, 6.07) is 8.26. The van der Waals surface area contributed by atoms with E-state index in [1.54, 1.807) is 0 Å². The van der Waals surface area contributed by atoms with Crippen molar-refractivity contribution in [1.82, 2.24) is 15.5 Å². The SMILES string of the molecule is CCNC(=NCc1ccccc1COCC)NCCCN1CCCC1=O.I. The molecule has 1 aromatic carbocycles. The van der Waals surface area contributed by atoms with Crippen molar-refractivity contribution in [3.05, 3.63) is 35.4 Å². The molecule has 2 rings (SSSR count). The Balaban J connectivity index is 0.00000364. The summed E-state index contributed by atoms with van der Waals surface area (Å²) < 4.78 is 5.54. The van der Waals surface area contributed by atoms with Gasteiger partial charge in [-0.1, -0.05) is 24.3 Å². The molecule has 1 saturated heterocycles. The number of carbonyl (C=O) groups excluding carboxylic acids is 1. The number of benzene rings is 1. The molecule has 1 amide bonds. The molecular formula is C20H33IN4O2. The summed E-state index contributed by atoms with van der Waals surface area (Å²) in [5.41, 5.74) is 2.36. The van der Waals surface area contributed by atoms with Crippen LogP contribution in [-0.4, -0.2) is 49.6 Å². The van der Waals surface area contributed by atoms with Gasteiger partial charge in [0.15, 0.2) is 5.96 Å². The van der Waals surface area contributed by atoms with Crippen LogP contribution < -0.4 is 10.6 Å². The third-order valence-corrected chi connectivity index (χ3v) is 4.40. The maximum absolute atomic E-state index is 11.6. The van der Waals surface area contributed by atoms with Crippen molar-refractivity contribution in [2.45, 2.75) is 46.3 Å². The maximum atomic E-state index is 11.6. The number of aliphatic imine (C=N–C) groups is 1. The number of hydrogen-bond donors (Lipinski definition) is 2. The predicted octanol–water partition coefficient (Wildman–Crippen LogP) is 2.91. The molecule has 0 unspecified atom stereocenters. The van der Waals surface area contributed by atoms with Crippen LogP contribution in [0.3, 0.4) is 0 Å². The summed E-state index contributed by atoms with van der Waals surface area (Å²) in [6.45, 7) is 9.35. The van der Waals surface area contributed by atoms with E-state index in [9.17, 15) is 4.79 Å². The number of guanidine groups is 1. The van der Waals surface area contributed by atoms with Gasteiger partial charge in [0.25, 0.3) is 0 Å². The molecule has 2 N–H and O–H groups in total. The standard InChI is InChI=1S/C20H32N4O2.HI/c1-3-21-20(22-12-8-14-24-13-7-11-19(24)25)23-15-17-9-5-6-10-18(17)16-26-4-2;/h5-6,9-10H,3-4,7-8,11-16H2,1-2H3,(H2,21,22,23);1H. The van der Waals surface area contributed by atoms with Crippen molar-refractivity contribution < 1.29 is 9.53 Å². The lowest BCUT2D eigenvalue weighted by Crippen LogP contribution is -2.39. The first-order valence-electron chi connectivity index (χ1n) is 9.69. The van der Waals surface area contributed by atoms with Crippen LogP contribution in [0.4, 0.5) is 0 Å². The number of halogens is 1. The quantitative estimate of drug-likeness (QED) is 0.230. The van der Waals surface area contributed by atoms with Crippen molar-refractivity contribution in [2.75, 3.05) is 32.8 Å². The van der Waals surface area contributed by atoms with Crippen LogP contribution in [-0.2, 0) is 22.7 Å². The molecule has 152 valence electrons. The van der Waals surface area contributed by atoms with Crippen LogP contribution in [0.25, 0.3) is 0 Å². The zero-order valence-corrected chi connectivity index (χ0v) is 18.8. The Labute approximate surface area is 180 Å². The lowest BCUT2D eigenvalue weighted by molar-refractivity contribution is -0.127. The fourth-order valence-electron chi connectivity index (χ4n) is 2.99. The van der Waals surface area contributed by atoms with E-state index in [1.807, 2.05) is 24.0 Å². The van der Waals surface area contributed by atoms with Crippen LogP contribution in [0.1, 0.15) is 44.2 Å². The van der Waals surface area contributed by atoms with Crippen molar-refractivity contribution in [3.8, 4) is 0 Å². The lowest BCUT2D eigenvalue weighted by atomic mass is 10.1. The fourth-order valence-corrected chi connectivity index (χ4v) is 2.99. The summed E-state index contributed by atoms with van der Waals surface area (Å²) in [7, 11) is 0. The Kier molecular flexibility index (Phi) is 12.1. The number of amides is 1. The number of likely N-dealkylation sites (tertiary alicyclic amines) is 1. The van der Waals surface area contributed by atoms with E-state index in [2.05, 4.69) is 29.7 Å². The molecule has 0 spiro atoms. The van der Waals surface area contributed by atoms with E-state index in [-0.39, 0.29) is 29.9 Å². The Bertz CT molecular complexity index is 595. The minimum atomic E-state index is 0. The molecule has 1 aliphatic rings. The molecule has 0 aliphatic carbocycles. The molecule has 0 atom stereocenters. The average Bonchev–Trinajstić information content (AvgIpc) is 3.07. The van der Waals surface area contributed by atoms with Crippen molar-refractivity contribution in [3.63, 3.8) is 0 Å². The molecule has 7 heteroatoms. The van der Waals surface area contributed by atoms with Gasteiger partial charge in [-0.15, -0.1) is 24.0 Å². The molecule has 1 fully saturated rings. The first-order chi connectivity index (χ1) is 12.7. The van der Waals surface area contributed by atoms with Crippen LogP contribution in [0.2, 0.25) is 0 Å². The number of hydrogen-bond acceptors (Lipinski definition) is 3. The molecule has 1 aromatic rings. The summed E-state index contributed by atoms with van der Waals surface area (Å²) in [4.78, 5) is 18.3. The molecular weight excluding hydrogens is 455 g/mol. The molecule has 0 saturated carbocycles. The minimum absolute atomic E-state index is 0. The highest BCUT2D eigenvalue weighted by molar-refractivity contribution is 14.0. The van der Waals surface area contributed by atoms with Gasteiger partial charge < -0.3 is 20.3 Å². The van der Waals surface area contributed by atoms with E-state index in [0.717, 1.165) is 45.0 Å². The third-order valence-electron chi connectivity index (χ3n) is 4.40. The van der Waals surface area contributed by atoms with Crippen molar-refractivity contribution in [1.29, 1.82) is 0 Å². The normalized spacial score (nSPS) is 14.2. The van der Waals surface area contributed by atoms with Gasteiger partial charge in [0.1, 0.15) is 0 Å². The second kappa shape index (κ2) is 13.8. The number of carbonyl (C=O) groups is 1. The molecule has 0 bridgehead atoms. The summed E-state index contributed by atoms with van der Waals surface area (Å²) in [5.74, 6) is 1.10. The minimum Gasteiger partial charge on any atom is -0.377 e. The van der Waals surface area contributed by atoms with Gasteiger partial charge in [-0.25, -0.2) is 4.99 Å². The Morgan fingerprint density at radius 3 is 2.67 bits per heavy atom. The molecule has 1 heterocycles. The van der Waals surface area contributed by atoms with Gasteiger partial charge in [0.2, 0.25) is 5.91 Å². The third kappa shape index (κ3) is 8.47. The summed E-state index contributed by atoms with van der Waals surface area (Å²) in [6.07, 6.45) is 2.63. The summed E-state index contributed by atoms with van der Waals surface area (Å²) in [5, 5.41) is 6.64. The molecule has 0 radical (unpaired) electrons. The maximum Gasteiger partial charge on any atom is 0.222 e. The van der Waals surface area contributed by atoms with Gasteiger partial charge in [-0.3, -0.25) is 4.79 Å². The smallest absolute Gasteiger partial charge is 0.222 e. The summed E-state index contributed by atoms with van der Waals surface area (Å²) >= 11 is 0. The number of rotatable bonds is 10. The highest BCUT2D eigenvalue weighted by Crippen LogP contribution is 2.11. The van der Waals surface area contributed by atoms with E-state index in [4.69, 9.17) is 9.73 Å². The average molecular weight is 488 g/mol. The van der Waals surface area contributed by atoms with E-state index < -0.39 is 0 Å². The van der Waals surface area contributed by atoms with Gasteiger partial charge in [0, 0.05) is 39.2 Å². The van der Waals surface area contributed by atoms with Crippen LogP contribution in [0.15, 0.2) is 29.3 Å². The first-order valence-corrected chi connectivity index (χ1v) is 9.69. The monoisotopic (exact) mass is 488 g/mol. The largest absolute Gasteiger partial charge is 0.377 e. The van der Waals surface area contributed by atoms with E-state index in [1.165, 1.54) is 11.1 Å². The van der Waals surface area contributed by atoms with E-state index in [0.29, 0.717) is 26.2 Å². The second-order valence-electron chi connectivity index (χ2n) is 6.37. The topological polar surface area (TPSA) is 66.0 Å². The Morgan fingerprint density at radius 1 is 1.22 bits per heavy atom.